The Morgan fingerprint density at radius 2 is 2.05 bits per heavy atom. The number of nitrogens with zero attached hydrogens (tertiary/aromatic N) is 1. The zero-order valence-electron chi connectivity index (χ0n) is 13.7. The third-order valence-electron chi connectivity index (χ3n) is 3.63. The van der Waals surface area contributed by atoms with Crippen molar-refractivity contribution in [2.24, 2.45) is 0 Å². The van der Waals surface area contributed by atoms with Gasteiger partial charge in [0.15, 0.2) is 5.78 Å². The molecule has 2 unspecified atom stereocenters. The van der Waals surface area contributed by atoms with Crippen molar-refractivity contribution in [3.05, 3.63) is 36.8 Å². The van der Waals surface area contributed by atoms with Gasteiger partial charge in [0.05, 0.1) is 11.3 Å². The number of carbonyl (C=O) groups excluding carboxylic acids is 1. The Bertz CT molecular complexity index is 442. The second-order valence-corrected chi connectivity index (χ2v) is 7.70. The Kier molecular flexibility index (Phi) is 6.59. The number of allylic oxidation sites excluding steroid dienone is 1. The van der Waals surface area contributed by atoms with E-state index in [-0.39, 0.29) is 11.8 Å². The van der Waals surface area contributed by atoms with Crippen molar-refractivity contribution in [3.63, 3.8) is 0 Å². The topological polar surface area (TPSA) is 32.3 Å². The Labute approximate surface area is 133 Å². The first kappa shape index (κ1) is 17.9. The van der Waals surface area contributed by atoms with Crippen LogP contribution < -0.4 is 5.32 Å². The molecule has 1 fully saturated rings. The molecule has 1 N–H and O–H groups in total. The summed E-state index contributed by atoms with van der Waals surface area (Å²) in [5.41, 5.74) is 3.16. The Balaban J connectivity index is 2.48. The van der Waals surface area contributed by atoms with Crippen LogP contribution in [-0.2, 0) is 4.79 Å². The second kappa shape index (κ2) is 7.74. The van der Waals surface area contributed by atoms with Gasteiger partial charge < -0.3 is 10.2 Å². The van der Waals surface area contributed by atoms with Crippen molar-refractivity contribution in [2.45, 2.75) is 57.1 Å². The zero-order chi connectivity index (χ0) is 16.2. The van der Waals surface area contributed by atoms with Gasteiger partial charge in [-0.05, 0) is 19.1 Å². The largest absolute Gasteiger partial charge is 0.379 e. The summed E-state index contributed by atoms with van der Waals surface area (Å²) >= 11 is 1.94. The van der Waals surface area contributed by atoms with Crippen LogP contribution in [0.1, 0.15) is 40.5 Å². The highest BCUT2D eigenvalue weighted by atomic mass is 32.2. The van der Waals surface area contributed by atoms with Gasteiger partial charge in [-0.25, -0.2) is 0 Å². The summed E-state index contributed by atoms with van der Waals surface area (Å²) in [4.78, 5) is 13.4. The number of Topliss-reactive ketones (excluding diaryl/α,β-unsaturated/α-hetero) is 1. The first-order valence-electron chi connectivity index (χ1n) is 7.46. The quantitative estimate of drug-likeness (QED) is 0.741. The average Bonchev–Trinajstić information content (AvgIpc) is 2.61. The van der Waals surface area contributed by atoms with Gasteiger partial charge in [-0.1, -0.05) is 33.6 Å². The maximum atomic E-state index is 11.2. The number of rotatable bonds is 8. The van der Waals surface area contributed by atoms with E-state index >= 15 is 0 Å². The summed E-state index contributed by atoms with van der Waals surface area (Å²) in [5, 5.41) is 4.17. The lowest BCUT2D eigenvalue weighted by atomic mass is 10.2. The lowest BCUT2D eigenvalue weighted by Gasteiger charge is -2.24. The summed E-state index contributed by atoms with van der Waals surface area (Å²) in [6.07, 6.45) is 1.76. The van der Waals surface area contributed by atoms with Crippen LogP contribution in [0.2, 0.25) is 0 Å². The molecule has 0 aliphatic carbocycles. The molecule has 1 saturated heterocycles. The van der Waals surface area contributed by atoms with Gasteiger partial charge in [0, 0.05) is 36.5 Å². The van der Waals surface area contributed by atoms with E-state index in [0.29, 0.717) is 10.5 Å². The summed E-state index contributed by atoms with van der Waals surface area (Å²) in [6.45, 7) is 21.1. The smallest absolute Gasteiger partial charge is 0.151 e. The molecule has 0 amide bonds. The van der Waals surface area contributed by atoms with Crippen molar-refractivity contribution in [1.82, 2.24) is 10.2 Å². The number of thioether (sulfide) groups is 1. The molecule has 0 bridgehead atoms. The fourth-order valence-corrected chi connectivity index (χ4v) is 3.53. The molecule has 2 atom stereocenters. The third-order valence-corrected chi connectivity index (χ3v) is 4.94. The van der Waals surface area contributed by atoms with Crippen LogP contribution in [0.15, 0.2) is 36.8 Å². The van der Waals surface area contributed by atoms with E-state index in [9.17, 15) is 4.79 Å². The van der Waals surface area contributed by atoms with E-state index in [1.807, 2.05) is 18.7 Å². The van der Waals surface area contributed by atoms with Gasteiger partial charge >= 0.3 is 0 Å². The van der Waals surface area contributed by atoms with E-state index < -0.39 is 0 Å². The molecule has 1 rings (SSSR count). The summed E-state index contributed by atoms with van der Waals surface area (Å²) in [6, 6.07) is -0.174. The maximum absolute atomic E-state index is 11.2. The van der Waals surface area contributed by atoms with Crippen molar-refractivity contribution < 1.29 is 4.79 Å². The summed E-state index contributed by atoms with van der Waals surface area (Å²) < 4.78 is 0. The molecule has 1 heterocycles. The van der Waals surface area contributed by atoms with Crippen LogP contribution in [-0.4, -0.2) is 33.8 Å². The Morgan fingerprint density at radius 3 is 2.57 bits per heavy atom. The molecule has 3 nitrogen and oxygen atoms in total. The van der Waals surface area contributed by atoms with Crippen LogP contribution in [0.3, 0.4) is 0 Å². The standard InChI is InChI=1S/C17H28N2OS/c1-11(2)21-17-10-13(4)19(15(17)6)9-8-12(3)18-14(5)16(7)20/h11,14,17-18H,3-4,6,8-10H2,1-2,5,7H3. The molecule has 4 heteroatoms. The van der Waals surface area contributed by atoms with E-state index in [2.05, 4.69) is 43.8 Å². The number of ketones is 1. The van der Waals surface area contributed by atoms with E-state index in [4.69, 9.17) is 0 Å². The Morgan fingerprint density at radius 1 is 1.43 bits per heavy atom. The highest BCUT2D eigenvalue weighted by Gasteiger charge is 2.30. The van der Waals surface area contributed by atoms with Crippen molar-refractivity contribution in [2.75, 3.05) is 6.54 Å². The van der Waals surface area contributed by atoms with E-state index in [0.717, 1.165) is 36.5 Å². The predicted molar refractivity (Wildman–Crippen MR) is 93.2 cm³/mol. The number of likely N-dealkylation sites (tertiary alicyclic amines) is 1. The fourth-order valence-electron chi connectivity index (χ4n) is 2.30. The highest BCUT2D eigenvalue weighted by molar-refractivity contribution is 8.00. The van der Waals surface area contributed by atoms with Gasteiger partial charge in [-0.15, -0.1) is 11.8 Å². The molecule has 0 aromatic carbocycles. The minimum atomic E-state index is -0.174. The lowest BCUT2D eigenvalue weighted by Crippen LogP contribution is -2.32. The summed E-state index contributed by atoms with van der Waals surface area (Å²) in [7, 11) is 0. The normalized spacial score (nSPS) is 20.0. The minimum absolute atomic E-state index is 0.125. The maximum Gasteiger partial charge on any atom is 0.151 e. The summed E-state index contributed by atoms with van der Waals surface area (Å²) in [5.74, 6) is 0.125. The van der Waals surface area contributed by atoms with Gasteiger partial charge in [0.25, 0.3) is 0 Å². The third kappa shape index (κ3) is 5.27. The number of nitrogens with one attached hydrogen (secondary N) is 1. The lowest BCUT2D eigenvalue weighted by molar-refractivity contribution is -0.118. The molecule has 0 aromatic heterocycles. The van der Waals surface area contributed by atoms with Gasteiger partial charge in [-0.3, -0.25) is 4.79 Å². The molecule has 21 heavy (non-hydrogen) atoms. The van der Waals surface area contributed by atoms with Crippen molar-refractivity contribution in [1.29, 1.82) is 0 Å². The predicted octanol–water partition coefficient (Wildman–Crippen LogP) is 3.70. The molecule has 118 valence electrons. The minimum Gasteiger partial charge on any atom is -0.379 e. The molecule has 0 saturated carbocycles. The zero-order valence-corrected chi connectivity index (χ0v) is 14.6. The first-order valence-corrected chi connectivity index (χ1v) is 8.41. The van der Waals surface area contributed by atoms with Crippen molar-refractivity contribution >= 4 is 17.5 Å². The molecule has 0 aromatic rings. The van der Waals surface area contributed by atoms with Crippen LogP contribution in [0, 0.1) is 0 Å². The molecular formula is C17H28N2OS. The van der Waals surface area contributed by atoms with Crippen LogP contribution >= 0.6 is 11.8 Å². The van der Waals surface area contributed by atoms with Gasteiger partial charge in [0.1, 0.15) is 0 Å². The molecule has 1 aliphatic heterocycles. The molecule has 0 spiro atoms. The van der Waals surface area contributed by atoms with E-state index in [1.165, 1.54) is 0 Å². The Hall–Kier alpha value is -1.16. The van der Waals surface area contributed by atoms with Crippen LogP contribution in [0.25, 0.3) is 0 Å². The SMILES string of the molecule is C=C(CCN1C(=C)CC(SC(C)C)C1=C)NC(C)C(C)=O. The second-order valence-electron chi connectivity index (χ2n) is 5.92. The molecule has 1 aliphatic rings. The highest BCUT2D eigenvalue weighted by Crippen LogP contribution is 2.38. The van der Waals surface area contributed by atoms with Crippen LogP contribution in [0.5, 0.6) is 0 Å². The fraction of sp³-hybridized carbons (Fsp3) is 0.588. The number of carbonyl (C=O) groups is 1. The van der Waals surface area contributed by atoms with Crippen molar-refractivity contribution in [3.8, 4) is 0 Å². The number of hydrogen-bond acceptors (Lipinski definition) is 4. The van der Waals surface area contributed by atoms with Gasteiger partial charge in [-0.2, -0.15) is 0 Å². The van der Waals surface area contributed by atoms with Gasteiger partial charge in [0.2, 0.25) is 0 Å². The van der Waals surface area contributed by atoms with E-state index in [1.54, 1.807) is 6.92 Å². The first-order chi connectivity index (χ1) is 9.72. The monoisotopic (exact) mass is 308 g/mol. The molecular weight excluding hydrogens is 280 g/mol. The average molecular weight is 308 g/mol. The molecule has 0 radical (unpaired) electrons. The number of hydrogen-bond donors (Lipinski definition) is 1. The van der Waals surface area contributed by atoms with Crippen LogP contribution in [0.4, 0.5) is 0 Å².